The van der Waals surface area contributed by atoms with Crippen molar-refractivity contribution < 1.29 is 0 Å². The van der Waals surface area contributed by atoms with Crippen molar-refractivity contribution in [3.63, 3.8) is 0 Å². The van der Waals surface area contributed by atoms with Gasteiger partial charge in [0, 0.05) is 0 Å². The topological polar surface area (TPSA) is 47.5 Å². The van der Waals surface area contributed by atoms with Crippen LogP contribution in [0.3, 0.4) is 0 Å². The zero-order valence-corrected chi connectivity index (χ0v) is 6.13. The third-order valence-electron chi connectivity index (χ3n) is 1.13. The fourth-order valence-corrected chi connectivity index (χ4v) is 0.711. The second-order valence-corrected chi connectivity index (χ2v) is 2.27. The average Bonchev–Trinajstić information content (AvgIpc) is 1.95. The summed E-state index contributed by atoms with van der Waals surface area (Å²) in [4.78, 5) is 3.86. The van der Waals surface area contributed by atoms with Gasteiger partial charge in [-0.05, 0) is 13.0 Å². The molecule has 1 aromatic heterocycles. The Bertz CT molecular complexity index is 259. The molecule has 3 nitrogen and oxygen atoms in total. The van der Waals surface area contributed by atoms with Crippen molar-refractivity contribution in [3.8, 4) is 0 Å². The van der Waals surface area contributed by atoms with Crippen LogP contribution >= 0.6 is 11.6 Å². The van der Waals surface area contributed by atoms with Crippen molar-refractivity contribution >= 4 is 17.3 Å². The van der Waals surface area contributed by atoms with Gasteiger partial charge in [0.2, 0.25) is 0 Å². The largest absolute Gasteiger partial charge is 0.706 e. The van der Waals surface area contributed by atoms with Crippen molar-refractivity contribution in [3.05, 3.63) is 28.5 Å². The highest BCUT2D eigenvalue weighted by atomic mass is 35.5. The standard InChI is InChI=1S/C6H5ClN3/c1-4-6(7)2-5(10-8)3-9-4/h2-3H,1H3/q-1. The first-order valence-corrected chi connectivity index (χ1v) is 3.09. The first-order valence-electron chi connectivity index (χ1n) is 2.71. The minimum absolute atomic E-state index is 0.371. The van der Waals surface area contributed by atoms with E-state index < -0.39 is 0 Å². The van der Waals surface area contributed by atoms with Gasteiger partial charge in [0.05, 0.1) is 22.6 Å². The Kier molecular flexibility index (Phi) is 1.97. The minimum Gasteiger partial charge on any atom is -0.706 e. The summed E-state index contributed by atoms with van der Waals surface area (Å²) in [5.74, 6) is 0. The molecule has 1 rings (SSSR count). The molecule has 1 aromatic rings. The van der Waals surface area contributed by atoms with Crippen LogP contribution in [0.25, 0.3) is 5.53 Å². The van der Waals surface area contributed by atoms with Gasteiger partial charge in [0.25, 0.3) is 0 Å². The molecule has 0 spiro atoms. The van der Waals surface area contributed by atoms with Crippen LogP contribution in [0.15, 0.2) is 17.4 Å². The molecule has 0 saturated heterocycles. The van der Waals surface area contributed by atoms with Crippen molar-refractivity contribution in [2.75, 3.05) is 0 Å². The lowest BCUT2D eigenvalue weighted by molar-refractivity contribution is 1.19. The van der Waals surface area contributed by atoms with E-state index >= 15 is 0 Å². The number of aryl methyl sites for hydroxylation is 1. The lowest BCUT2D eigenvalue weighted by atomic mass is 10.3. The highest BCUT2D eigenvalue weighted by molar-refractivity contribution is 6.31. The SMILES string of the molecule is Cc1ncc(N=[N-])cc1Cl. The summed E-state index contributed by atoms with van der Waals surface area (Å²) in [5.41, 5.74) is 9.38. The second-order valence-electron chi connectivity index (χ2n) is 1.86. The van der Waals surface area contributed by atoms with Crippen LogP contribution in [-0.2, 0) is 0 Å². The highest BCUT2D eigenvalue weighted by Gasteiger charge is 1.94. The molecular weight excluding hydrogens is 150 g/mol. The molecule has 0 atom stereocenters. The molecule has 0 radical (unpaired) electrons. The molecule has 0 aliphatic carbocycles. The number of hydrogen-bond acceptors (Lipinski definition) is 2. The Hall–Kier alpha value is -0.960. The number of rotatable bonds is 1. The Morgan fingerprint density at radius 1 is 1.70 bits per heavy atom. The zero-order chi connectivity index (χ0) is 7.56. The van der Waals surface area contributed by atoms with Gasteiger partial charge in [-0.1, -0.05) is 11.6 Å². The van der Waals surface area contributed by atoms with Gasteiger partial charge in [0.1, 0.15) is 0 Å². The van der Waals surface area contributed by atoms with E-state index in [1.54, 1.807) is 13.0 Å². The molecule has 10 heavy (non-hydrogen) atoms. The summed E-state index contributed by atoms with van der Waals surface area (Å²) in [6, 6.07) is 1.55. The number of aromatic nitrogens is 1. The van der Waals surface area contributed by atoms with Gasteiger partial charge < -0.3 is 10.6 Å². The lowest BCUT2D eigenvalue weighted by Crippen LogP contribution is -1.79. The maximum atomic E-state index is 8.28. The van der Waals surface area contributed by atoms with Gasteiger partial charge >= 0.3 is 0 Å². The van der Waals surface area contributed by atoms with Crippen LogP contribution in [0.2, 0.25) is 5.02 Å². The van der Waals surface area contributed by atoms with Crippen molar-refractivity contribution in [2.45, 2.75) is 6.92 Å². The summed E-state index contributed by atoms with van der Waals surface area (Å²) in [5, 5.41) is 3.44. The fraction of sp³-hybridized carbons (Fsp3) is 0.167. The molecule has 1 heterocycles. The summed E-state index contributed by atoms with van der Waals surface area (Å²) >= 11 is 5.66. The van der Waals surface area contributed by atoms with E-state index in [0.717, 1.165) is 5.69 Å². The third-order valence-corrected chi connectivity index (χ3v) is 1.51. The molecule has 0 saturated carbocycles. The second kappa shape index (κ2) is 2.75. The molecule has 0 aliphatic heterocycles. The normalized spacial score (nSPS) is 9.40. The van der Waals surface area contributed by atoms with Crippen molar-refractivity contribution in [1.29, 1.82) is 0 Å². The van der Waals surface area contributed by atoms with Crippen LogP contribution in [-0.4, -0.2) is 4.98 Å². The van der Waals surface area contributed by atoms with Crippen molar-refractivity contribution in [2.24, 2.45) is 5.11 Å². The van der Waals surface area contributed by atoms with Gasteiger partial charge in [-0.25, -0.2) is 0 Å². The quantitative estimate of drug-likeness (QED) is 0.574. The number of pyridine rings is 1. The van der Waals surface area contributed by atoms with E-state index in [1.165, 1.54) is 6.20 Å². The highest BCUT2D eigenvalue weighted by Crippen LogP contribution is 2.18. The summed E-state index contributed by atoms with van der Waals surface area (Å²) in [6.07, 6.45) is 1.45. The molecular formula is C6H5ClN3-. The Morgan fingerprint density at radius 3 is 2.90 bits per heavy atom. The lowest BCUT2D eigenvalue weighted by Gasteiger charge is -1.98. The maximum absolute atomic E-state index is 8.28. The van der Waals surface area contributed by atoms with Crippen LogP contribution in [0.5, 0.6) is 0 Å². The summed E-state index contributed by atoms with van der Waals surface area (Å²) in [7, 11) is 0. The molecule has 0 unspecified atom stereocenters. The van der Waals surface area contributed by atoms with Crippen LogP contribution in [0, 0.1) is 6.92 Å². The maximum Gasteiger partial charge on any atom is 0.0639 e. The zero-order valence-electron chi connectivity index (χ0n) is 5.37. The van der Waals surface area contributed by atoms with Crippen molar-refractivity contribution in [1.82, 2.24) is 4.98 Å². The van der Waals surface area contributed by atoms with E-state index in [4.69, 9.17) is 17.1 Å². The molecule has 4 heteroatoms. The average molecular weight is 155 g/mol. The van der Waals surface area contributed by atoms with Crippen LogP contribution in [0.4, 0.5) is 5.69 Å². The Labute approximate surface area is 63.6 Å². The van der Waals surface area contributed by atoms with E-state index in [-0.39, 0.29) is 0 Å². The van der Waals surface area contributed by atoms with E-state index in [1.807, 2.05) is 0 Å². The molecule has 0 amide bonds. The summed E-state index contributed by atoms with van der Waals surface area (Å²) < 4.78 is 0. The molecule has 52 valence electrons. The smallest absolute Gasteiger partial charge is 0.0639 e. The van der Waals surface area contributed by atoms with Gasteiger partial charge in [-0.15, -0.1) is 0 Å². The van der Waals surface area contributed by atoms with Crippen LogP contribution < -0.4 is 0 Å². The van der Waals surface area contributed by atoms with Gasteiger partial charge in [0.15, 0.2) is 0 Å². The third kappa shape index (κ3) is 1.30. The molecule has 0 N–H and O–H groups in total. The first-order chi connectivity index (χ1) is 4.74. The number of hydrogen-bond donors (Lipinski definition) is 0. The first kappa shape index (κ1) is 7.15. The van der Waals surface area contributed by atoms with E-state index in [0.29, 0.717) is 10.7 Å². The van der Waals surface area contributed by atoms with Gasteiger partial charge in [-0.3, -0.25) is 4.98 Å². The Morgan fingerprint density at radius 2 is 2.40 bits per heavy atom. The predicted molar refractivity (Wildman–Crippen MR) is 39.4 cm³/mol. The molecule has 0 bridgehead atoms. The van der Waals surface area contributed by atoms with Gasteiger partial charge in [-0.2, -0.15) is 0 Å². The van der Waals surface area contributed by atoms with E-state index in [9.17, 15) is 0 Å². The number of halogens is 1. The Balaban J connectivity index is 3.16. The molecule has 0 aliphatic rings. The monoisotopic (exact) mass is 154 g/mol. The van der Waals surface area contributed by atoms with Crippen LogP contribution in [0.1, 0.15) is 5.69 Å². The van der Waals surface area contributed by atoms with E-state index in [2.05, 4.69) is 10.1 Å². The minimum atomic E-state index is 0.371. The summed E-state index contributed by atoms with van der Waals surface area (Å²) in [6.45, 7) is 1.78. The number of nitrogens with zero attached hydrogens (tertiary/aromatic N) is 3. The molecule has 0 fully saturated rings. The fourth-order valence-electron chi connectivity index (χ4n) is 0.551. The predicted octanol–water partition coefficient (Wildman–Crippen LogP) is 2.70. The molecule has 0 aromatic carbocycles.